The zero-order valence-corrected chi connectivity index (χ0v) is 16.6. The Morgan fingerprint density at radius 3 is 2.52 bits per heavy atom. The van der Waals surface area contributed by atoms with E-state index >= 15 is 0 Å². The molecule has 0 aliphatic carbocycles. The number of hydrogen-bond donors (Lipinski definition) is 1. The van der Waals surface area contributed by atoms with Crippen molar-refractivity contribution in [3.8, 4) is 5.75 Å². The average Bonchev–Trinajstić information content (AvgIpc) is 2.73. The highest BCUT2D eigenvalue weighted by atomic mass is 19.1. The number of benzene rings is 2. The largest absolute Gasteiger partial charge is 0.497 e. The van der Waals surface area contributed by atoms with Crippen molar-refractivity contribution in [1.29, 1.82) is 0 Å². The number of methoxy groups -OCH3 is 1. The van der Waals surface area contributed by atoms with Crippen molar-refractivity contribution in [3.63, 3.8) is 0 Å². The lowest BCUT2D eigenvalue weighted by atomic mass is 10.1. The molecule has 0 fully saturated rings. The van der Waals surface area contributed by atoms with Crippen LogP contribution in [0.5, 0.6) is 5.75 Å². The number of rotatable bonds is 9. The Hall–Kier alpha value is -3.41. The van der Waals surface area contributed by atoms with Crippen LogP contribution in [0.25, 0.3) is 6.08 Å². The summed E-state index contributed by atoms with van der Waals surface area (Å²) in [4.78, 5) is 26.4. The number of nitrogens with one attached hydrogen (secondary N) is 1. The molecule has 29 heavy (non-hydrogen) atoms. The minimum atomic E-state index is -0.769. The third kappa shape index (κ3) is 6.60. The van der Waals surface area contributed by atoms with Crippen molar-refractivity contribution in [3.05, 3.63) is 84.2 Å². The van der Waals surface area contributed by atoms with E-state index < -0.39 is 11.9 Å². The maximum Gasteiger partial charge on any atom is 0.245 e. The van der Waals surface area contributed by atoms with E-state index in [2.05, 4.69) is 11.9 Å². The fourth-order valence-electron chi connectivity index (χ4n) is 2.70. The summed E-state index contributed by atoms with van der Waals surface area (Å²) in [6.45, 7) is 5.59. The van der Waals surface area contributed by atoms with Gasteiger partial charge in [0.25, 0.3) is 0 Å². The predicted molar refractivity (Wildman–Crippen MR) is 112 cm³/mol. The van der Waals surface area contributed by atoms with Gasteiger partial charge in [-0.05, 0) is 36.8 Å². The molecule has 0 spiro atoms. The Bertz CT molecular complexity index is 878. The zero-order chi connectivity index (χ0) is 21.2. The number of halogens is 1. The average molecular weight is 396 g/mol. The summed E-state index contributed by atoms with van der Waals surface area (Å²) >= 11 is 0. The summed E-state index contributed by atoms with van der Waals surface area (Å²) in [5, 5.41) is 2.64. The van der Waals surface area contributed by atoms with Crippen molar-refractivity contribution in [2.24, 2.45) is 0 Å². The number of ether oxygens (including phenoxy) is 1. The quantitative estimate of drug-likeness (QED) is 0.521. The highest BCUT2D eigenvalue weighted by Gasteiger charge is 2.21. The van der Waals surface area contributed by atoms with Gasteiger partial charge in [0.15, 0.2) is 0 Å². The maximum absolute atomic E-state index is 13.9. The molecule has 0 saturated heterocycles. The lowest BCUT2D eigenvalue weighted by Crippen LogP contribution is -2.46. The monoisotopic (exact) mass is 396 g/mol. The number of nitrogens with zero attached hydrogens (tertiary/aromatic N) is 1. The van der Waals surface area contributed by atoms with Gasteiger partial charge in [0.1, 0.15) is 17.6 Å². The first-order valence-corrected chi connectivity index (χ1v) is 9.20. The molecule has 1 N–H and O–H groups in total. The van der Waals surface area contributed by atoms with Gasteiger partial charge < -0.3 is 15.0 Å². The fraction of sp³-hybridized carbons (Fsp3) is 0.217. The molecule has 0 aromatic heterocycles. The summed E-state index contributed by atoms with van der Waals surface area (Å²) in [7, 11) is 1.58. The van der Waals surface area contributed by atoms with Crippen LogP contribution in [0.4, 0.5) is 4.39 Å². The molecule has 0 radical (unpaired) electrons. The van der Waals surface area contributed by atoms with Gasteiger partial charge >= 0.3 is 0 Å². The Morgan fingerprint density at radius 2 is 1.90 bits per heavy atom. The molecule has 152 valence electrons. The second-order valence-electron chi connectivity index (χ2n) is 6.44. The molecule has 0 saturated carbocycles. The Kier molecular flexibility index (Phi) is 8.15. The van der Waals surface area contributed by atoms with Crippen molar-refractivity contribution in [1.82, 2.24) is 10.2 Å². The molecule has 0 aliphatic rings. The van der Waals surface area contributed by atoms with E-state index in [0.717, 1.165) is 11.3 Å². The van der Waals surface area contributed by atoms with Crippen LogP contribution < -0.4 is 10.1 Å². The summed E-state index contributed by atoms with van der Waals surface area (Å²) in [6.07, 6.45) is 4.57. The topological polar surface area (TPSA) is 58.6 Å². The molecule has 5 nitrogen and oxygen atoms in total. The van der Waals surface area contributed by atoms with Gasteiger partial charge in [-0.1, -0.05) is 36.4 Å². The van der Waals surface area contributed by atoms with E-state index in [0.29, 0.717) is 5.56 Å². The van der Waals surface area contributed by atoms with Gasteiger partial charge in [-0.15, -0.1) is 6.58 Å². The van der Waals surface area contributed by atoms with E-state index in [1.54, 1.807) is 56.5 Å². The van der Waals surface area contributed by atoms with Gasteiger partial charge in [-0.2, -0.15) is 0 Å². The second-order valence-corrected chi connectivity index (χ2v) is 6.44. The normalized spacial score (nSPS) is 11.7. The first kappa shape index (κ1) is 21.9. The Labute approximate surface area is 170 Å². The summed E-state index contributed by atoms with van der Waals surface area (Å²) < 4.78 is 19.0. The number of hydrogen-bond acceptors (Lipinski definition) is 3. The number of carbonyl (C=O) groups excluding carboxylic acids is 2. The van der Waals surface area contributed by atoms with Crippen LogP contribution in [0, 0.1) is 5.82 Å². The van der Waals surface area contributed by atoms with Crippen molar-refractivity contribution in [2.45, 2.75) is 19.5 Å². The van der Waals surface area contributed by atoms with Gasteiger partial charge in [0.05, 0.1) is 7.11 Å². The van der Waals surface area contributed by atoms with Gasteiger partial charge in [-0.3, -0.25) is 9.59 Å². The Balaban J connectivity index is 1.98. The molecule has 2 aromatic rings. The van der Waals surface area contributed by atoms with Crippen LogP contribution in [-0.2, 0) is 16.1 Å². The van der Waals surface area contributed by atoms with E-state index in [-0.39, 0.29) is 24.8 Å². The predicted octanol–water partition coefficient (Wildman–Crippen LogP) is 3.57. The minimum Gasteiger partial charge on any atom is -0.497 e. The molecule has 0 aliphatic heterocycles. The number of amides is 2. The standard InChI is InChI=1S/C23H25FN2O3/c1-4-15-26(16-19-7-5-6-8-21(19)24)23(28)17(2)25-22(27)14-11-18-9-12-20(29-3)13-10-18/h4-14,17H,1,15-16H2,2-3H3,(H,25,27)/b14-11+. The molecule has 2 amide bonds. The molecule has 0 heterocycles. The van der Waals surface area contributed by atoms with E-state index in [9.17, 15) is 14.0 Å². The van der Waals surface area contributed by atoms with Crippen molar-refractivity contribution in [2.75, 3.05) is 13.7 Å². The van der Waals surface area contributed by atoms with Crippen LogP contribution >= 0.6 is 0 Å². The van der Waals surface area contributed by atoms with Crippen LogP contribution in [0.15, 0.2) is 67.3 Å². The molecule has 2 aromatic carbocycles. The zero-order valence-electron chi connectivity index (χ0n) is 16.6. The van der Waals surface area contributed by atoms with Gasteiger partial charge in [0.2, 0.25) is 11.8 Å². The molecule has 1 unspecified atom stereocenters. The lowest BCUT2D eigenvalue weighted by molar-refractivity contribution is -0.135. The molecule has 0 bridgehead atoms. The van der Waals surface area contributed by atoms with Crippen LogP contribution in [-0.4, -0.2) is 36.4 Å². The summed E-state index contributed by atoms with van der Waals surface area (Å²) in [6, 6.07) is 12.7. The van der Waals surface area contributed by atoms with Crippen LogP contribution in [0.2, 0.25) is 0 Å². The maximum atomic E-state index is 13.9. The molecule has 1 atom stereocenters. The van der Waals surface area contributed by atoms with E-state index in [1.165, 1.54) is 17.0 Å². The van der Waals surface area contributed by atoms with Crippen LogP contribution in [0.1, 0.15) is 18.1 Å². The summed E-state index contributed by atoms with van der Waals surface area (Å²) in [5.74, 6) is -0.373. The first-order valence-electron chi connectivity index (χ1n) is 9.20. The smallest absolute Gasteiger partial charge is 0.245 e. The van der Waals surface area contributed by atoms with Crippen molar-refractivity contribution < 1.29 is 18.7 Å². The van der Waals surface area contributed by atoms with Crippen LogP contribution in [0.3, 0.4) is 0 Å². The van der Waals surface area contributed by atoms with Gasteiger partial charge in [-0.25, -0.2) is 4.39 Å². The van der Waals surface area contributed by atoms with E-state index in [1.807, 2.05) is 12.1 Å². The second kappa shape index (κ2) is 10.8. The minimum absolute atomic E-state index is 0.0967. The molecular weight excluding hydrogens is 371 g/mol. The SMILES string of the molecule is C=CCN(Cc1ccccc1F)C(=O)C(C)NC(=O)/C=C/c1ccc(OC)cc1. The lowest BCUT2D eigenvalue weighted by Gasteiger charge is -2.25. The third-order valence-electron chi connectivity index (χ3n) is 4.25. The Morgan fingerprint density at radius 1 is 1.21 bits per heavy atom. The third-order valence-corrected chi connectivity index (χ3v) is 4.25. The molecule has 2 rings (SSSR count). The van der Waals surface area contributed by atoms with Gasteiger partial charge in [0, 0.05) is 24.7 Å². The first-order chi connectivity index (χ1) is 13.9. The fourth-order valence-corrected chi connectivity index (χ4v) is 2.70. The van der Waals surface area contributed by atoms with Crippen molar-refractivity contribution >= 4 is 17.9 Å². The molecule has 6 heteroatoms. The number of carbonyl (C=O) groups is 2. The van der Waals surface area contributed by atoms with E-state index in [4.69, 9.17) is 4.74 Å². The highest BCUT2D eigenvalue weighted by molar-refractivity contribution is 5.95. The highest BCUT2D eigenvalue weighted by Crippen LogP contribution is 2.13. The summed E-state index contributed by atoms with van der Waals surface area (Å²) in [5.41, 5.74) is 1.23. The molecular formula is C23H25FN2O3.